The Kier molecular flexibility index (Phi) is 15.6. The average Bonchev–Trinajstić information content (AvgIpc) is 2.73. The predicted molar refractivity (Wildman–Crippen MR) is 130 cm³/mol. The Balaban J connectivity index is 0.000000550. The van der Waals surface area contributed by atoms with Gasteiger partial charge in [0.1, 0.15) is 5.78 Å². The molecular formula is C26H37BrMgN2O2. The van der Waals surface area contributed by atoms with Crippen LogP contribution in [0.3, 0.4) is 0 Å². The molecule has 6 heteroatoms. The number of carbonyl (C=O) groups excluding carboxylic acids is 1. The first-order valence-corrected chi connectivity index (χ1v) is 10.8. The van der Waals surface area contributed by atoms with Crippen molar-refractivity contribution in [2.24, 2.45) is 0 Å². The molecule has 32 heavy (non-hydrogen) atoms. The Hall–Kier alpha value is -0.764. The van der Waals surface area contributed by atoms with Crippen molar-refractivity contribution in [2.75, 3.05) is 26.2 Å². The number of halogens is 1. The normalized spacial score (nSPS) is 18.1. The summed E-state index contributed by atoms with van der Waals surface area (Å²) in [6.45, 7) is 7.78. The van der Waals surface area contributed by atoms with Gasteiger partial charge in [0.2, 0.25) is 0 Å². The van der Waals surface area contributed by atoms with E-state index in [0.29, 0.717) is 5.78 Å². The molecule has 0 radical (unpaired) electrons. The summed E-state index contributed by atoms with van der Waals surface area (Å²) in [5.41, 5.74) is 2.26. The predicted octanol–water partition coefficient (Wildman–Crippen LogP) is 0.958. The van der Waals surface area contributed by atoms with E-state index in [2.05, 4.69) is 58.3 Å². The van der Waals surface area contributed by atoms with Crippen molar-refractivity contribution in [1.29, 1.82) is 0 Å². The fraction of sp³-hybridized carbons (Fsp3) is 0.462. The third-order valence-corrected chi connectivity index (χ3v) is 5.84. The van der Waals surface area contributed by atoms with Gasteiger partial charge in [-0.15, -0.1) is 0 Å². The topological polar surface area (TPSA) is 43.8 Å². The number of Topliss-reactive ketones (excluding diaryl/α,β-unsaturated/α-hetero) is 1. The Morgan fingerprint density at radius 3 is 1.56 bits per heavy atom. The smallest absolute Gasteiger partial charge is 1.00 e. The first-order chi connectivity index (χ1) is 14.0. The standard InChI is InChI=1S/C13H19NO.C12H15NO.CH3.BrH.Mg/c1-13(15)7-9-14(10-8-13)11-12-5-3-2-4-6-12;14-12-6-8-13(9-7-12)10-11-4-2-1-3-5-11;;;/h2-6,15H,7-11H2,1H3;1-5H,6-10H2;1H3;1H;/q;;-1;;+2/p-1. The molecule has 2 aliphatic rings. The van der Waals surface area contributed by atoms with Crippen LogP contribution in [0.2, 0.25) is 0 Å². The molecule has 0 unspecified atom stereocenters. The van der Waals surface area contributed by atoms with Gasteiger partial charge in [-0.1, -0.05) is 60.7 Å². The number of aliphatic hydroxyl groups is 1. The van der Waals surface area contributed by atoms with E-state index in [0.717, 1.165) is 65.0 Å². The van der Waals surface area contributed by atoms with Crippen LogP contribution in [-0.4, -0.2) is 75.5 Å². The molecule has 0 amide bonds. The second-order valence-electron chi connectivity index (χ2n) is 8.56. The van der Waals surface area contributed by atoms with Crippen LogP contribution in [0.1, 0.15) is 43.7 Å². The van der Waals surface area contributed by atoms with Crippen LogP contribution in [0.25, 0.3) is 0 Å². The third kappa shape index (κ3) is 11.4. The first kappa shape index (κ1) is 31.2. The molecule has 0 aliphatic carbocycles. The van der Waals surface area contributed by atoms with Gasteiger partial charge in [-0.3, -0.25) is 14.6 Å². The largest absolute Gasteiger partial charge is 2.00 e. The van der Waals surface area contributed by atoms with E-state index in [9.17, 15) is 9.90 Å². The van der Waals surface area contributed by atoms with Crippen LogP contribution in [-0.2, 0) is 17.9 Å². The van der Waals surface area contributed by atoms with Crippen molar-refractivity contribution in [3.8, 4) is 0 Å². The Labute approximate surface area is 221 Å². The fourth-order valence-corrected chi connectivity index (χ4v) is 3.84. The molecule has 2 aromatic rings. The van der Waals surface area contributed by atoms with Crippen molar-refractivity contribution in [2.45, 2.75) is 51.3 Å². The van der Waals surface area contributed by atoms with Gasteiger partial charge in [0.15, 0.2) is 0 Å². The molecule has 1 N–H and O–H groups in total. The van der Waals surface area contributed by atoms with Crippen molar-refractivity contribution >= 4 is 28.8 Å². The van der Waals surface area contributed by atoms with Crippen molar-refractivity contribution in [3.63, 3.8) is 0 Å². The van der Waals surface area contributed by atoms with Crippen LogP contribution in [0.5, 0.6) is 0 Å². The average molecular weight is 514 g/mol. The van der Waals surface area contributed by atoms with Gasteiger partial charge in [-0.05, 0) is 30.9 Å². The second-order valence-corrected chi connectivity index (χ2v) is 8.56. The number of rotatable bonds is 4. The molecular weight excluding hydrogens is 477 g/mol. The van der Waals surface area contributed by atoms with E-state index in [1.54, 1.807) is 0 Å². The molecule has 4 nitrogen and oxygen atoms in total. The number of hydrogen-bond acceptors (Lipinski definition) is 4. The Morgan fingerprint density at radius 2 is 1.16 bits per heavy atom. The minimum Gasteiger partial charge on any atom is -1.00 e. The summed E-state index contributed by atoms with van der Waals surface area (Å²) >= 11 is 0. The van der Waals surface area contributed by atoms with Crippen molar-refractivity contribution in [3.05, 3.63) is 79.2 Å². The second kappa shape index (κ2) is 16.0. The SMILES string of the molecule is CC1(O)CCN(Cc2ccccc2)CC1.O=C1CCN(Cc2ccccc2)CC1.[Br-].[CH3-].[Mg+2]. The molecule has 0 saturated carbocycles. The fourth-order valence-electron chi connectivity index (χ4n) is 3.84. The summed E-state index contributed by atoms with van der Waals surface area (Å²) in [6, 6.07) is 20.9. The van der Waals surface area contributed by atoms with Crippen LogP contribution in [0.4, 0.5) is 0 Å². The Morgan fingerprint density at radius 1 is 0.781 bits per heavy atom. The monoisotopic (exact) mass is 512 g/mol. The van der Waals surface area contributed by atoms with Gasteiger partial charge >= 0.3 is 23.1 Å². The number of carbonyl (C=O) groups is 1. The van der Waals surface area contributed by atoms with E-state index < -0.39 is 5.60 Å². The van der Waals surface area contributed by atoms with E-state index in [4.69, 9.17) is 0 Å². The number of ketones is 1. The maximum absolute atomic E-state index is 11.0. The maximum Gasteiger partial charge on any atom is 2.00 e. The van der Waals surface area contributed by atoms with E-state index in [1.807, 2.05) is 19.1 Å². The maximum atomic E-state index is 11.0. The van der Waals surface area contributed by atoms with Gasteiger partial charge in [0.25, 0.3) is 0 Å². The zero-order chi connectivity index (χ0) is 20.5. The van der Waals surface area contributed by atoms with Crippen LogP contribution < -0.4 is 17.0 Å². The quantitative estimate of drug-likeness (QED) is 0.489. The van der Waals surface area contributed by atoms with Crippen LogP contribution in [0.15, 0.2) is 60.7 Å². The van der Waals surface area contributed by atoms with Gasteiger partial charge in [-0.2, -0.15) is 0 Å². The summed E-state index contributed by atoms with van der Waals surface area (Å²) in [6.07, 6.45) is 3.24. The molecule has 2 fully saturated rings. The number of benzene rings is 2. The minimum absolute atomic E-state index is 0. The molecule has 0 atom stereocenters. The number of piperidine rings is 2. The molecule has 2 heterocycles. The molecule has 4 rings (SSSR count). The van der Waals surface area contributed by atoms with Gasteiger partial charge < -0.3 is 29.5 Å². The molecule has 2 saturated heterocycles. The molecule has 0 bridgehead atoms. The zero-order valence-corrected chi connectivity index (χ0v) is 22.7. The Bertz CT molecular complexity index is 739. The summed E-state index contributed by atoms with van der Waals surface area (Å²) in [7, 11) is 0. The zero-order valence-electron chi connectivity index (χ0n) is 19.7. The molecule has 2 aromatic carbocycles. The molecule has 0 aromatic heterocycles. The first-order valence-electron chi connectivity index (χ1n) is 10.8. The minimum atomic E-state index is -0.437. The van der Waals surface area contributed by atoms with E-state index in [-0.39, 0.29) is 47.5 Å². The molecule has 2 aliphatic heterocycles. The van der Waals surface area contributed by atoms with Crippen LogP contribution in [0, 0.1) is 7.43 Å². The number of likely N-dealkylation sites (tertiary alicyclic amines) is 2. The van der Waals surface area contributed by atoms with E-state index >= 15 is 0 Å². The van der Waals surface area contributed by atoms with Crippen molar-refractivity contribution in [1.82, 2.24) is 9.80 Å². The summed E-state index contributed by atoms with van der Waals surface area (Å²) in [5.74, 6) is 0.411. The van der Waals surface area contributed by atoms with Gasteiger partial charge in [0.05, 0.1) is 5.60 Å². The van der Waals surface area contributed by atoms with Crippen LogP contribution >= 0.6 is 0 Å². The third-order valence-electron chi connectivity index (χ3n) is 5.84. The molecule has 172 valence electrons. The molecule has 0 spiro atoms. The van der Waals surface area contributed by atoms with Gasteiger partial charge in [0, 0.05) is 52.1 Å². The van der Waals surface area contributed by atoms with E-state index in [1.165, 1.54) is 11.1 Å². The van der Waals surface area contributed by atoms with Crippen molar-refractivity contribution < 1.29 is 26.9 Å². The van der Waals surface area contributed by atoms with Gasteiger partial charge in [-0.25, -0.2) is 0 Å². The summed E-state index contributed by atoms with van der Waals surface area (Å²) in [5, 5.41) is 9.83. The summed E-state index contributed by atoms with van der Waals surface area (Å²) in [4.78, 5) is 15.8. The summed E-state index contributed by atoms with van der Waals surface area (Å²) < 4.78 is 0. The number of nitrogens with zero attached hydrogens (tertiary/aromatic N) is 2. The number of hydrogen-bond donors (Lipinski definition) is 1.